The molecule has 0 amide bonds. The van der Waals surface area contributed by atoms with Crippen molar-refractivity contribution in [3.05, 3.63) is 25.3 Å². The zero-order valence-electron chi connectivity index (χ0n) is 14.0. The number of carbonyl (C=O) groups is 2. The molecule has 0 spiro atoms. The molecule has 120 valence electrons. The van der Waals surface area contributed by atoms with Crippen LogP contribution in [0.5, 0.6) is 0 Å². The summed E-state index contributed by atoms with van der Waals surface area (Å²) in [5.41, 5.74) is -0.919. The summed E-state index contributed by atoms with van der Waals surface area (Å²) in [5, 5.41) is 0. The summed E-state index contributed by atoms with van der Waals surface area (Å²) in [6, 6.07) is 0. The van der Waals surface area contributed by atoms with Gasteiger partial charge in [-0.3, -0.25) is 0 Å². The Labute approximate surface area is 128 Å². The van der Waals surface area contributed by atoms with E-state index in [9.17, 15) is 9.59 Å². The maximum atomic E-state index is 11.8. The van der Waals surface area contributed by atoms with Crippen molar-refractivity contribution in [2.24, 2.45) is 17.8 Å². The van der Waals surface area contributed by atoms with Gasteiger partial charge in [0.1, 0.15) is 6.10 Å². The lowest BCUT2D eigenvalue weighted by atomic mass is 9.72. The maximum Gasteiger partial charge on any atom is 0.330 e. The number of ether oxygens (including phenoxy) is 2. The first-order valence-electron chi connectivity index (χ1n) is 7.31. The van der Waals surface area contributed by atoms with E-state index in [-0.39, 0.29) is 17.8 Å². The molecule has 0 bridgehead atoms. The molecule has 0 aliphatic rings. The van der Waals surface area contributed by atoms with Crippen LogP contribution in [0, 0.1) is 17.8 Å². The Hall–Kier alpha value is -1.58. The first kappa shape index (κ1) is 19.4. The van der Waals surface area contributed by atoms with Gasteiger partial charge in [0, 0.05) is 12.2 Å². The van der Waals surface area contributed by atoms with Crippen molar-refractivity contribution >= 4 is 11.9 Å². The second-order valence-electron chi connectivity index (χ2n) is 6.09. The smallest absolute Gasteiger partial charge is 0.330 e. The van der Waals surface area contributed by atoms with E-state index in [1.807, 2.05) is 41.5 Å². The van der Waals surface area contributed by atoms with Gasteiger partial charge in [-0.15, -0.1) is 0 Å². The van der Waals surface area contributed by atoms with Crippen LogP contribution in [-0.4, -0.2) is 23.6 Å². The summed E-state index contributed by atoms with van der Waals surface area (Å²) >= 11 is 0. The van der Waals surface area contributed by atoms with Gasteiger partial charge in [0.15, 0.2) is 5.60 Å². The standard InChI is InChI=1S/C17H28O4/c1-9-14(18)20-16(11(3)4)17(12(5)6,13(7)8)21-15(19)10-2/h9-13,16H,1-2H2,3-8H3. The Kier molecular flexibility index (Phi) is 7.41. The van der Waals surface area contributed by atoms with Crippen molar-refractivity contribution in [3.63, 3.8) is 0 Å². The van der Waals surface area contributed by atoms with Gasteiger partial charge in [0.05, 0.1) is 0 Å². The molecule has 0 fully saturated rings. The van der Waals surface area contributed by atoms with Crippen LogP contribution < -0.4 is 0 Å². The fourth-order valence-electron chi connectivity index (χ4n) is 2.76. The molecule has 4 nitrogen and oxygen atoms in total. The third kappa shape index (κ3) is 4.45. The van der Waals surface area contributed by atoms with Crippen molar-refractivity contribution in [1.82, 2.24) is 0 Å². The van der Waals surface area contributed by atoms with E-state index in [4.69, 9.17) is 9.47 Å². The second kappa shape index (κ2) is 8.01. The van der Waals surface area contributed by atoms with Crippen molar-refractivity contribution in [1.29, 1.82) is 0 Å². The van der Waals surface area contributed by atoms with Crippen LogP contribution in [0.3, 0.4) is 0 Å². The molecular weight excluding hydrogens is 268 g/mol. The average Bonchev–Trinajstić information content (AvgIpc) is 2.40. The normalized spacial score (nSPS) is 13.2. The van der Waals surface area contributed by atoms with Gasteiger partial charge in [-0.2, -0.15) is 0 Å². The SMILES string of the molecule is C=CC(=O)OC(C(C)C)C(OC(=O)C=C)(C(C)C)C(C)C. The summed E-state index contributed by atoms with van der Waals surface area (Å²) in [4.78, 5) is 23.5. The maximum absolute atomic E-state index is 11.8. The number of esters is 2. The molecule has 0 saturated heterocycles. The summed E-state index contributed by atoms with van der Waals surface area (Å²) < 4.78 is 11.2. The lowest BCUT2D eigenvalue weighted by molar-refractivity contribution is -0.207. The highest BCUT2D eigenvalue weighted by Gasteiger charge is 2.51. The number of hydrogen-bond acceptors (Lipinski definition) is 4. The molecule has 0 aliphatic carbocycles. The van der Waals surface area contributed by atoms with Crippen LogP contribution in [0.2, 0.25) is 0 Å². The number of carbonyl (C=O) groups excluding carboxylic acids is 2. The number of hydrogen-bond donors (Lipinski definition) is 0. The molecule has 0 aromatic heterocycles. The van der Waals surface area contributed by atoms with E-state index in [0.717, 1.165) is 12.2 Å². The topological polar surface area (TPSA) is 52.6 Å². The van der Waals surface area contributed by atoms with Gasteiger partial charge < -0.3 is 9.47 Å². The molecule has 0 aromatic rings. The lowest BCUT2D eigenvalue weighted by Gasteiger charge is -2.46. The second-order valence-corrected chi connectivity index (χ2v) is 6.09. The highest BCUT2D eigenvalue weighted by atomic mass is 16.6. The molecule has 0 radical (unpaired) electrons. The Morgan fingerprint density at radius 1 is 0.905 bits per heavy atom. The Morgan fingerprint density at radius 3 is 1.62 bits per heavy atom. The first-order valence-corrected chi connectivity index (χ1v) is 7.31. The van der Waals surface area contributed by atoms with Crippen molar-refractivity contribution in [2.75, 3.05) is 0 Å². The fourth-order valence-corrected chi connectivity index (χ4v) is 2.76. The molecule has 21 heavy (non-hydrogen) atoms. The van der Waals surface area contributed by atoms with Crippen molar-refractivity contribution in [2.45, 2.75) is 53.2 Å². The highest BCUT2D eigenvalue weighted by molar-refractivity contribution is 5.82. The lowest BCUT2D eigenvalue weighted by Crippen LogP contribution is -2.58. The monoisotopic (exact) mass is 296 g/mol. The molecular formula is C17H28O4. The van der Waals surface area contributed by atoms with Crippen LogP contribution in [0.1, 0.15) is 41.5 Å². The largest absolute Gasteiger partial charge is 0.455 e. The van der Waals surface area contributed by atoms with Crippen LogP contribution in [0.15, 0.2) is 25.3 Å². The van der Waals surface area contributed by atoms with Crippen molar-refractivity contribution in [3.8, 4) is 0 Å². The van der Waals surface area contributed by atoms with Crippen LogP contribution >= 0.6 is 0 Å². The third-order valence-electron chi connectivity index (χ3n) is 3.71. The minimum atomic E-state index is -0.919. The van der Waals surface area contributed by atoms with E-state index in [1.54, 1.807) is 0 Å². The van der Waals surface area contributed by atoms with Crippen LogP contribution in [0.25, 0.3) is 0 Å². The van der Waals surface area contributed by atoms with E-state index in [2.05, 4.69) is 13.2 Å². The van der Waals surface area contributed by atoms with E-state index < -0.39 is 23.6 Å². The molecule has 0 rings (SSSR count). The van der Waals surface area contributed by atoms with E-state index in [1.165, 1.54) is 0 Å². The van der Waals surface area contributed by atoms with Gasteiger partial charge in [-0.1, -0.05) is 54.7 Å². The summed E-state index contributed by atoms with van der Waals surface area (Å²) in [7, 11) is 0. The van der Waals surface area contributed by atoms with Crippen LogP contribution in [-0.2, 0) is 19.1 Å². The molecule has 0 saturated carbocycles. The van der Waals surface area contributed by atoms with Crippen molar-refractivity contribution < 1.29 is 19.1 Å². The van der Waals surface area contributed by atoms with Gasteiger partial charge in [0.25, 0.3) is 0 Å². The van der Waals surface area contributed by atoms with Gasteiger partial charge in [-0.25, -0.2) is 9.59 Å². The van der Waals surface area contributed by atoms with E-state index >= 15 is 0 Å². The van der Waals surface area contributed by atoms with Gasteiger partial charge >= 0.3 is 11.9 Å². The minimum absolute atomic E-state index is 0.0173. The van der Waals surface area contributed by atoms with E-state index in [0.29, 0.717) is 0 Å². The summed E-state index contributed by atoms with van der Waals surface area (Å²) in [6.07, 6.45) is 1.69. The van der Waals surface area contributed by atoms with Gasteiger partial charge in [-0.05, 0) is 17.8 Å². The molecule has 1 unspecified atom stereocenters. The predicted octanol–water partition coefficient (Wildman–Crippen LogP) is 3.52. The predicted molar refractivity (Wildman–Crippen MR) is 83.6 cm³/mol. The molecule has 0 N–H and O–H groups in total. The molecule has 0 aliphatic heterocycles. The Morgan fingerprint density at radius 2 is 1.33 bits per heavy atom. The third-order valence-corrected chi connectivity index (χ3v) is 3.71. The number of rotatable bonds is 8. The molecule has 4 heteroatoms. The highest BCUT2D eigenvalue weighted by Crippen LogP contribution is 2.39. The average molecular weight is 296 g/mol. The molecule has 0 heterocycles. The quantitative estimate of drug-likeness (QED) is 0.508. The first-order chi connectivity index (χ1) is 9.63. The summed E-state index contributed by atoms with van der Waals surface area (Å²) in [6.45, 7) is 18.5. The van der Waals surface area contributed by atoms with Crippen LogP contribution in [0.4, 0.5) is 0 Å². The molecule has 0 aromatic carbocycles. The molecule has 1 atom stereocenters. The Balaban J connectivity index is 5.88. The fraction of sp³-hybridized carbons (Fsp3) is 0.647. The zero-order chi connectivity index (χ0) is 16.8. The van der Waals surface area contributed by atoms with Gasteiger partial charge in [0.2, 0.25) is 0 Å². The minimum Gasteiger partial charge on any atom is -0.455 e. The Bertz CT molecular complexity index is 386. The zero-order valence-corrected chi connectivity index (χ0v) is 14.0. The summed E-state index contributed by atoms with van der Waals surface area (Å²) in [5.74, 6) is -1.12.